The number of nitrogens with two attached hydrogens (primary N) is 1. The van der Waals surface area contributed by atoms with E-state index >= 15 is 0 Å². The maximum atomic E-state index is 13.0. The van der Waals surface area contributed by atoms with Crippen LogP contribution in [0.4, 0.5) is 15.5 Å². The minimum absolute atomic E-state index is 0.216. The third-order valence-corrected chi connectivity index (χ3v) is 7.99. The van der Waals surface area contributed by atoms with Gasteiger partial charge in [-0.1, -0.05) is 19.1 Å². The quantitative estimate of drug-likeness (QED) is 0.341. The van der Waals surface area contributed by atoms with Crippen molar-refractivity contribution in [2.75, 3.05) is 23.7 Å². The molecule has 0 unspecified atom stereocenters. The van der Waals surface area contributed by atoms with Crippen LogP contribution in [0.15, 0.2) is 36.4 Å². The van der Waals surface area contributed by atoms with Crippen molar-refractivity contribution >= 4 is 50.0 Å². The van der Waals surface area contributed by atoms with Crippen LogP contribution in [0.25, 0.3) is 10.1 Å². The van der Waals surface area contributed by atoms with E-state index in [1.54, 1.807) is 24.3 Å². The highest BCUT2D eigenvalue weighted by Gasteiger charge is 2.23. The van der Waals surface area contributed by atoms with Crippen molar-refractivity contribution in [3.8, 4) is 0 Å². The molecule has 0 spiro atoms. The highest BCUT2D eigenvalue weighted by atomic mass is 32.1. The molecule has 4 N–H and O–H groups in total. The Labute approximate surface area is 221 Å². The molecule has 2 aromatic carbocycles. The number of benzene rings is 2. The Morgan fingerprint density at radius 2 is 1.76 bits per heavy atom. The molecule has 196 valence electrons. The molecule has 8 nitrogen and oxygen atoms in total. The Hall–Kier alpha value is -3.43. The fourth-order valence-corrected chi connectivity index (χ4v) is 5.53. The summed E-state index contributed by atoms with van der Waals surface area (Å²) in [5.41, 5.74) is 8.33. The van der Waals surface area contributed by atoms with Gasteiger partial charge in [0.25, 0.3) is 11.8 Å². The molecule has 0 bridgehead atoms. The lowest BCUT2D eigenvalue weighted by Gasteiger charge is -2.23. The maximum absolute atomic E-state index is 13.0. The number of aryl methyl sites for hydroxylation is 1. The molecule has 0 atom stereocenters. The second-order valence-corrected chi connectivity index (χ2v) is 11.1. The number of carbonyl (C=O) groups excluding carboxylic acids is 3. The third kappa shape index (κ3) is 6.29. The predicted octanol–water partition coefficient (Wildman–Crippen LogP) is 5.89. The SMILES string of the molecule is CCC(C)(C)OC(=O)Nc1cc(C)c2sc(NC(=O)c3ccc(CN4CCCC4)cc3)c(C(N)=O)c2c1. The first-order valence-electron chi connectivity index (χ1n) is 12.6. The molecular weight excluding hydrogens is 488 g/mol. The minimum Gasteiger partial charge on any atom is -0.443 e. The van der Waals surface area contributed by atoms with Gasteiger partial charge in [-0.2, -0.15) is 0 Å². The zero-order chi connectivity index (χ0) is 26.7. The van der Waals surface area contributed by atoms with Gasteiger partial charge < -0.3 is 15.8 Å². The van der Waals surface area contributed by atoms with Gasteiger partial charge in [0, 0.05) is 27.9 Å². The molecular formula is C28H34N4O4S. The van der Waals surface area contributed by atoms with E-state index < -0.39 is 17.6 Å². The highest BCUT2D eigenvalue weighted by molar-refractivity contribution is 7.23. The number of rotatable bonds is 8. The van der Waals surface area contributed by atoms with Crippen molar-refractivity contribution in [3.63, 3.8) is 0 Å². The van der Waals surface area contributed by atoms with Gasteiger partial charge in [0.1, 0.15) is 10.6 Å². The fraction of sp³-hybridized carbons (Fsp3) is 0.393. The Bertz CT molecular complexity index is 1320. The van der Waals surface area contributed by atoms with Gasteiger partial charge in [0.05, 0.1) is 5.56 Å². The second kappa shape index (κ2) is 10.9. The number of ether oxygens (including phenoxy) is 1. The third-order valence-electron chi connectivity index (χ3n) is 6.74. The Morgan fingerprint density at radius 1 is 1.08 bits per heavy atom. The van der Waals surface area contributed by atoms with Crippen molar-refractivity contribution in [1.29, 1.82) is 0 Å². The van der Waals surface area contributed by atoms with Gasteiger partial charge in [-0.05, 0) is 88.5 Å². The van der Waals surface area contributed by atoms with Crippen molar-refractivity contribution in [2.45, 2.75) is 59.1 Å². The first-order chi connectivity index (χ1) is 17.6. The maximum Gasteiger partial charge on any atom is 0.412 e. The number of primary amides is 1. The Balaban J connectivity index is 1.55. The molecule has 0 aliphatic carbocycles. The molecule has 1 aliphatic rings. The normalized spacial score (nSPS) is 14.1. The van der Waals surface area contributed by atoms with E-state index in [1.165, 1.54) is 24.2 Å². The van der Waals surface area contributed by atoms with Crippen LogP contribution in [0, 0.1) is 6.92 Å². The van der Waals surface area contributed by atoms with Crippen LogP contribution in [-0.2, 0) is 11.3 Å². The highest BCUT2D eigenvalue weighted by Crippen LogP contribution is 2.39. The van der Waals surface area contributed by atoms with E-state index in [1.807, 2.05) is 39.8 Å². The number of amides is 3. The smallest absolute Gasteiger partial charge is 0.412 e. The first-order valence-corrected chi connectivity index (χ1v) is 13.4. The van der Waals surface area contributed by atoms with Crippen LogP contribution in [0.1, 0.15) is 71.9 Å². The van der Waals surface area contributed by atoms with Gasteiger partial charge in [-0.3, -0.25) is 19.8 Å². The van der Waals surface area contributed by atoms with Gasteiger partial charge >= 0.3 is 6.09 Å². The Kier molecular flexibility index (Phi) is 7.85. The van der Waals surface area contributed by atoms with E-state index in [0.29, 0.717) is 28.1 Å². The lowest BCUT2D eigenvalue weighted by atomic mass is 10.1. The molecule has 3 aromatic rings. The summed E-state index contributed by atoms with van der Waals surface area (Å²) < 4.78 is 6.28. The molecule has 1 aliphatic heterocycles. The summed E-state index contributed by atoms with van der Waals surface area (Å²) in [6.45, 7) is 10.6. The van der Waals surface area contributed by atoms with Crippen molar-refractivity contribution < 1.29 is 19.1 Å². The summed E-state index contributed by atoms with van der Waals surface area (Å²) in [5.74, 6) is -0.975. The van der Waals surface area contributed by atoms with Crippen LogP contribution in [-0.4, -0.2) is 41.5 Å². The molecule has 1 fully saturated rings. The first kappa shape index (κ1) is 26.6. The average molecular weight is 523 g/mol. The van der Waals surface area contributed by atoms with Crippen LogP contribution in [0.2, 0.25) is 0 Å². The monoisotopic (exact) mass is 522 g/mol. The lowest BCUT2D eigenvalue weighted by molar-refractivity contribution is 0.0462. The van der Waals surface area contributed by atoms with Gasteiger partial charge in [-0.25, -0.2) is 4.79 Å². The number of carbonyl (C=O) groups is 3. The van der Waals surface area contributed by atoms with Crippen LogP contribution in [0.3, 0.4) is 0 Å². The van der Waals surface area contributed by atoms with E-state index in [9.17, 15) is 14.4 Å². The zero-order valence-corrected chi connectivity index (χ0v) is 22.6. The zero-order valence-electron chi connectivity index (χ0n) is 21.8. The van der Waals surface area contributed by atoms with E-state index in [-0.39, 0.29) is 11.5 Å². The van der Waals surface area contributed by atoms with Crippen molar-refractivity contribution in [2.24, 2.45) is 5.73 Å². The molecule has 0 saturated carbocycles. The van der Waals surface area contributed by atoms with E-state index in [4.69, 9.17) is 10.5 Å². The summed E-state index contributed by atoms with van der Waals surface area (Å²) in [5, 5.41) is 6.56. The minimum atomic E-state index is -0.659. The van der Waals surface area contributed by atoms with Gasteiger partial charge in [-0.15, -0.1) is 11.3 Å². The van der Waals surface area contributed by atoms with Crippen molar-refractivity contribution in [1.82, 2.24) is 4.90 Å². The van der Waals surface area contributed by atoms with Crippen LogP contribution in [0.5, 0.6) is 0 Å². The number of hydrogen-bond donors (Lipinski definition) is 3. The molecule has 3 amide bonds. The standard InChI is InChI=1S/C28H34N4O4S/c1-5-28(3,4)36-27(35)30-20-14-17(2)23-21(15-20)22(24(29)33)26(37-23)31-25(34)19-10-8-18(9-11-19)16-32-12-6-7-13-32/h8-11,14-15H,5-7,12-13,16H2,1-4H3,(H2,29,33)(H,30,35)(H,31,34). The largest absolute Gasteiger partial charge is 0.443 e. The Morgan fingerprint density at radius 3 is 2.38 bits per heavy atom. The van der Waals surface area contributed by atoms with Crippen LogP contribution < -0.4 is 16.4 Å². The average Bonchev–Trinajstić information content (AvgIpc) is 3.47. The molecule has 9 heteroatoms. The summed E-state index contributed by atoms with van der Waals surface area (Å²) in [4.78, 5) is 40.3. The summed E-state index contributed by atoms with van der Waals surface area (Å²) in [7, 11) is 0. The van der Waals surface area contributed by atoms with Crippen LogP contribution >= 0.6 is 11.3 Å². The topological polar surface area (TPSA) is 114 Å². The molecule has 2 heterocycles. The molecule has 1 saturated heterocycles. The van der Waals surface area contributed by atoms with E-state index in [2.05, 4.69) is 15.5 Å². The summed E-state index contributed by atoms with van der Waals surface area (Å²) >= 11 is 1.28. The number of anilines is 2. The summed E-state index contributed by atoms with van der Waals surface area (Å²) in [6.07, 6.45) is 2.55. The molecule has 0 radical (unpaired) electrons. The second-order valence-electron chi connectivity index (χ2n) is 10.1. The number of nitrogens with one attached hydrogen (secondary N) is 2. The molecule has 1 aromatic heterocycles. The number of nitrogens with zero attached hydrogens (tertiary/aromatic N) is 1. The molecule has 37 heavy (non-hydrogen) atoms. The van der Waals surface area contributed by atoms with E-state index in [0.717, 1.165) is 35.5 Å². The number of likely N-dealkylation sites (tertiary alicyclic amines) is 1. The van der Waals surface area contributed by atoms with Gasteiger partial charge in [0.2, 0.25) is 0 Å². The molecule has 4 rings (SSSR count). The fourth-order valence-electron chi connectivity index (χ4n) is 4.38. The van der Waals surface area contributed by atoms with Gasteiger partial charge in [0.15, 0.2) is 0 Å². The number of hydrogen-bond acceptors (Lipinski definition) is 6. The summed E-state index contributed by atoms with van der Waals surface area (Å²) in [6, 6.07) is 11.0. The lowest BCUT2D eigenvalue weighted by Crippen LogP contribution is -2.29. The predicted molar refractivity (Wildman–Crippen MR) is 148 cm³/mol. The number of fused-ring (bicyclic) bond motifs is 1. The number of thiophene rings is 1. The van der Waals surface area contributed by atoms with Crippen molar-refractivity contribution in [3.05, 3.63) is 58.7 Å².